The van der Waals surface area contributed by atoms with E-state index in [0.29, 0.717) is 18.8 Å². The summed E-state index contributed by atoms with van der Waals surface area (Å²) in [5.41, 5.74) is 1.15. The Hall–Kier alpha value is -2.39. The minimum Gasteiger partial charge on any atom is -0.495 e. The van der Waals surface area contributed by atoms with Crippen molar-refractivity contribution in [2.24, 2.45) is 0 Å². The lowest BCUT2D eigenvalue weighted by Crippen LogP contribution is -2.54. The maximum absolute atomic E-state index is 12.8. The van der Waals surface area contributed by atoms with Gasteiger partial charge in [-0.3, -0.25) is 9.69 Å². The summed E-state index contributed by atoms with van der Waals surface area (Å²) < 4.78 is 32.8. The molecule has 1 N–H and O–H groups in total. The first-order chi connectivity index (χ1) is 15.3. The summed E-state index contributed by atoms with van der Waals surface area (Å²) in [6.45, 7) is 4.94. The zero-order valence-electron chi connectivity index (χ0n) is 18.2. The summed E-state index contributed by atoms with van der Waals surface area (Å²) >= 11 is 6.04. The van der Waals surface area contributed by atoms with Gasteiger partial charge in [-0.1, -0.05) is 54.1 Å². The fourth-order valence-electron chi connectivity index (χ4n) is 3.49. The fourth-order valence-corrected chi connectivity index (χ4v) is 5.04. The number of amides is 1. The summed E-state index contributed by atoms with van der Waals surface area (Å²) in [5.74, 6) is 0.138. The molecule has 0 aromatic heterocycles. The van der Waals surface area contributed by atoms with Crippen molar-refractivity contribution in [2.75, 3.05) is 39.8 Å². The minimum atomic E-state index is -3.90. The van der Waals surface area contributed by atoms with Gasteiger partial charge in [0.1, 0.15) is 5.75 Å². The maximum Gasteiger partial charge on any atom is 0.241 e. The lowest BCUT2D eigenvalue weighted by Gasteiger charge is -2.35. The summed E-state index contributed by atoms with van der Waals surface area (Å²) in [5, 5.41) is 0.187. The first kappa shape index (κ1) is 24.3. The zero-order valence-corrected chi connectivity index (χ0v) is 19.8. The Balaban J connectivity index is 1.51. The van der Waals surface area contributed by atoms with Crippen molar-refractivity contribution in [1.29, 1.82) is 0 Å². The molecule has 2 aromatic carbocycles. The van der Waals surface area contributed by atoms with E-state index < -0.39 is 16.1 Å². The van der Waals surface area contributed by atoms with Gasteiger partial charge in [0.2, 0.25) is 15.9 Å². The molecular formula is C23H28ClN3O4S. The highest BCUT2D eigenvalue weighted by Gasteiger charge is 2.28. The van der Waals surface area contributed by atoms with E-state index in [2.05, 4.69) is 33.9 Å². The van der Waals surface area contributed by atoms with Crippen LogP contribution in [0, 0.1) is 0 Å². The second-order valence-electron chi connectivity index (χ2n) is 7.58. The predicted octanol–water partition coefficient (Wildman–Crippen LogP) is 2.87. The van der Waals surface area contributed by atoms with Crippen LogP contribution in [0.2, 0.25) is 5.02 Å². The Kier molecular flexibility index (Phi) is 8.31. The molecule has 1 fully saturated rings. The number of carbonyl (C=O) groups is 1. The van der Waals surface area contributed by atoms with E-state index in [-0.39, 0.29) is 15.8 Å². The molecule has 3 rings (SSSR count). The molecule has 1 heterocycles. The second kappa shape index (κ2) is 11.0. The lowest BCUT2D eigenvalue weighted by atomic mass is 10.2. The highest BCUT2D eigenvalue weighted by Crippen LogP contribution is 2.27. The number of hydrogen-bond acceptors (Lipinski definition) is 5. The molecule has 0 saturated carbocycles. The number of benzene rings is 2. The highest BCUT2D eigenvalue weighted by molar-refractivity contribution is 7.89. The average molecular weight is 478 g/mol. The van der Waals surface area contributed by atoms with Gasteiger partial charge in [0.15, 0.2) is 0 Å². The quantitative estimate of drug-likeness (QED) is 0.632. The van der Waals surface area contributed by atoms with E-state index in [4.69, 9.17) is 16.3 Å². The van der Waals surface area contributed by atoms with Crippen LogP contribution in [0.1, 0.15) is 12.5 Å². The SMILES string of the molecule is COc1ccc(S(=O)(=O)N[C@@H](C)C(=O)N2CCN(C/C=C/c3ccccc3)CC2)cc1Cl. The maximum atomic E-state index is 12.8. The van der Waals surface area contributed by atoms with Crippen LogP contribution in [0.15, 0.2) is 59.5 Å². The van der Waals surface area contributed by atoms with Gasteiger partial charge in [0.05, 0.1) is 23.1 Å². The number of hydrogen-bond donors (Lipinski definition) is 1. The molecule has 1 aliphatic rings. The van der Waals surface area contributed by atoms with Gasteiger partial charge in [-0.2, -0.15) is 4.72 Å². The van der Waals surface area contributed by atoms with E-state index >= 15 is 0 Å². The van der Waals surface area contributed by atoms with Crippen LogP contribution in [0.4, 0.5) is 0 Å². The molecule has 172 valence electrons. The molecule has 0 spiro atoms. The standard InChI is InChI=1S/C23H28ClN3O4S/c1-18(25-32(29,30)20-10-11-22(31-2)21(24)17-20)23(28)27-15-13-26(14-16-27)12-6-9-19-7-4-3-5-8-19/h3-11,17-18,25H,12-16H2,1-2H3/b9-6+/t18-/m0/s1. The van der Waals surface area contributed by atoms with Gasteiger partial charge in [0, 0.05) is 32.7 Å². The Morgan fingerprint density at radius 1 is 1.16 bits per heavy atom. The van der Waals surface area contributed by atoms with Crippen molar-refractivity contribution in [3.05, 3.63) is 65.2 Å². The molecule has 1 saturated heterocycles. The highest BCUT2D eigenvalue weighted by atomic mass is 35.5. The molecule has 9 heteroatoms. The summed E-state index contributed by atoms with van der Waals surface area (Å²) in [6.07, 6.45) is 4.20. The second-order valence-corrected chi connectivity index (χ2v) is 9.70. The van der Waals surface area contributed by atoms with Crippen molar-refractivity contribution in [2.45, 2.75) is 17.9 Å². The van der Waals surface area contributed by atoms with Gasteiger partial charge in [0.25, 0.3) is 0 Å². The van der Waals surface area contributed by atoms with Gasteiger partial charge >= 0.3 is 0 Å². The molecular weight excluding hydrogens is 450 g/mol. The van der Waals surface area contributed by atoms with Crippen molar-refractivity contribution < 1.29 is 17.9 Å². The van der Waals surface area contributed by atoms with Crippen LogP contribution in [-0.2, 0) is 14.8 Å². The van der Waals surface area contributed by atoms with E-state index in [1.165, 1.54) is 25.3 Å². The molecule has 0 aliphatic carbocycles. The number of rotatable bonds is 8. The number of nitrogens with zero attached hydrogens (tertiary/aromatic N) is 2. The predicted molar refractivity (Wildman–Crippen MR) is 126 cm³/mol. The average Bonchev–Trinajstić information content (AvgIpc) is 2.79. The van der Waals surface area contributed by atoms with Crippen molar-refractivity contribution in [3.8, 4) is 5.75 Å². The minimum absolute atomic E-state index is 0.0158. The topological polar surface area (TPSA) is 78.9 Å². The largest absolute Gasteiger partial charge is 0.495 e. The molecule has 1 aliphatic heterocycles. The third-order valence-corrected chi connectivity index (χ3v) is 7.13. The molecule has 0 radical (unpaired) electrons. The number of halogens is 1. The van der Waals surface area contributed by atoms with E-state index in [1.807, 2.05) is 18.2 Å². The fraction of sp³-hybridized carbons (Fsp3) is 0.348. The molecule has 32 heavy (non-hydrogen) atoms. The first-order valence-electron chi connectivity index (χ1n) is 10.4. The summed E-state index contributed by atoms with van der Waals surface area (Å²) in [6, 6.07) is 13.4. The number of carbonyl (C=O) groups excluding carboxylic acids is 1. The summed E-state index contributed by atoms with van der Waals surface area (Å²) in [4.78, 5) is 16.7. The number of methoxy groups -OCH3 is 1. The van der Waals surface area contributed by atoms with Gasteiger partial charge in [-0.15, -0.1) is 0 Å². The summed E-state index contributed by atoms with van der Waals surface area (Å²) in [7, 11) is -2.44. The molecule has 7 nitrogen and oxygen atoms in total. The van der Waals surface area contributed by atoms with Crippen LogP contribution < -0.4 is 9.46 Å². The number of nitrogens with one attached hydrogen (secondary N) is 1. The van der Waals surface area contributed by atoms with Crippen LogP contribution in [0.3, 0.4) is 0 Å². The molecule has 0 bridgehead atoms. The van der Waals surface area contributed by atoms with E-state index in [9.17, 15) is 13.2 Å². The van der Waals surface area contributed by atoms with Crippen LogP contribution in [0.5, 0.6) is 5.75 Å². The van der Waals surface area contributed by atoms with Crippen molar-refractivity contribution >= 4 is 33.6 Å². The number of ether oxygens (including phenoxy) is 1. The Morgan fingerprint density at radius 3 is 2.47 bits per heavy atom. The van der Waals surface area contributed by atoms with Crippen molar-refractivity contribution in [1.82, 2.24) is 14.5 Å². The Bertz CT molecular complexity index is 1050. The van der Waals surface area contributed by atoms with E-state index in [1.54, 1.807) is 11.8 Å². The van der Waals surface area contributed by atoms with Gasteiger partial charge in [-0.25, -0.2) is 8.42 Å². The zero-order chi connectivity index (χ0) is 23.1. The first-order valence-corrected chi connectivity index (χ1v) is 12.2. The van der Waals surface area contributed by atoms with Crippen LogP contribution in [-0.4, -0.2) is 70.0 Å². The van der Waals surface area contributed by atoms with E-state index in [0.717, 1.165) is 25.2 Å². The van der Waals surface area contributed by atoms with Crippen LogP contribution in [0.25, 0.3) is 6.08 Å². The Morgan fingerprint density at radius 2 is 1.84 bits per heavy atom. The molecule has 1 atom stereocenters. The lowest BCUT2D eigenvalue weighted by molar-refractivity contribution is -0.134. The molecule has 2 aromatic rings. The normalized spacial score (nSPS) is 16.3. The Labute approximate surface area is 194 Å². The number of sulfonamides is 1. The van der Waals surface area contributed by atoms with Crippen LogP contribution >= 0.6 is 11.6 Å². The monoisotopic (exact) mass is 477 g/mol. The molecule has 1 amide bonds. The van der Waals surface area contributed by atoms with Gasteiger partial charge < -0.3 is 9.64 Å². The van der Waals surface area contributed by atoms with Crippen molar-refractivity contribution in [3.63, 3.8) is 0 Å². The third-order valence-electron chi connectivity index (χ3n) is 5.29. The smallest absolute Gasteiger partial charge is 0.241 e. The van der Waals surface area contributed by atoms with Gasteiger partial charge in [-0.05, 0) is 30.7 Å². The molecule has 0 unspecified atom stereocenters. The number of piperazine rings is 1. The third kappa shape index (κ3) is 6.32.